The van der Waals surface area contributed by atoms with Gasteiger partial charge in [-0.3, -0.25) is 4.68 Å². The van der Waals surface area contributed by atoms with Crippen LogP contribution >= 0.6 is 11.8 Å². The third-order valence-electron chi connectivity index (χ3n) is 3.47. The van der Waals surface area contributed by atoms with Gasteiger partial charge in [0.2, 0.25) is 0 Å². The quantitative estimate of drug-likeness (QED) is 0.803. The summed E-state index contributed by atoms with van der Waals surface area (Å²) in [6, 6.07) is 0. The van der Waals surface area contributed by atoms with Crippen LogP contribution in [0.3, 0.4) is 0 Å². The van der Waals surface area contributed by atoms with Crippen LogP contribution in [-0.4, -0.2) is 53.9 Å². The lowest BCUT2D eigenvalue weighted by molar-refractivity contribution is -0.0327. The molecule has 0 saturated carbocycles. The summed E-state index contributed by atoms with van der Waals surface area (Å²) < 4.78 is 43.4. The van der Waals surface area contributed by atoms with E-state index in [1.165, 1.54) is 0 Å². The third-order valence-corrected chi connectivity index (χ3v) is 4.21. The predicted octanol–water partition coefficient (Wildman–Crippen LogP) is 1.91. The first-order valence-electron chi connectivity index (χ1n) is 7.15. The van der Waals surface area contributed by atoms with Crippen molar-refractivity contribution in [3.63, 3.8) is 0 Å². The number of nitrogens with zero attached hydrogens (tertiary/aromatic N) is 3. The fourth-order valence-corrected chi connectivity index (χ4v) is 3.00. The highest BCUT2D eigenvalue weighted by molar-refractivity contribution is 8.00. The standard InChI is InChI=1S/C13H21F3N4OS/c1-10-11(9-17-3-8-22-13(14,15)16)12(19(2)18-10)20-4-6-21-7-5-20/h17H,3-9H2,1-2H3. The van der Waals surface area contributed by atoms with Crippen molar-refractivity contribution < 1.29 is 17.9 Å². The minimum absolute atomic E-state index is 0.000104. The third kappa shape index (κ3) is 4.79. The molecule has 0 unspecified atom stereocenters. The van der Waals surface area contributed by atoms with E-state index in [1.54, 1.807) is 0 Å². The average Bonchev–Trinajstić information content (AvgIpc) is 2.72. The Morgan fingerprint density at radius 3 is 2.64 bits per heavy atom. The number of thioether (sulfide) groups is 1. The van der Waals surface area contributed by atoms with Gasteiger partial charge in [-0.25, -0.2) is 0 Å². The van der Waals surface area contributed by atoms with Crippen LogP contribution in [0.4, 0.5) is 19.0 Å². The Morgan fingerprint density at radius 1 is 1.32 bits per heavy atom. The highest BCUT2D eigenvalue weighted by atomic mass is 32.2. The zero-order valence-electron chi connectivity index (χ0n) is 12.7. The van der Waals surface area contributed by atoms with Crippen LogP contribution in [0.25, 0.3) is 0 Å². The summed E-state index contributed by atoms with van der Waals surface area (Å²) in [5, 5.41) is 7.51. The van der Waals surface area contributed by atoms with E-state index < -0.39 is 5.51 Å². The molecule has 2 rings (SSSR count). The van der Waals surface area contributed by atoms with Gasteiger partial charge < -0.3 is 15.0 Å². The van der Waals surface area contributed by atoms with E-state index in [2.05, 4.69) is 15.3 Å². The first-order valence-corrected chi connectivity index (χ1v) is 8.13. The van der Waals surface area contributed by atoms with Crippen molar-refractivity contribution in [3.8, 4) is 0 Å². The number of morpholine rings is 1. The van der Waals surface area contributed by atoms with Crippen molar-refractivity contribution in [2.24, 2.45) is 7.05 Å². The van der Waals surface area contributed by atoms with E-state index in [9.17, 15) is 13.2 Å². The average molecular weight is 338 g/mol. The number of rotatable bonds is 6. The SMILES string of the molecule is Cc1nn(C)c(N2CCOCC2)c1CNCCSC(F)(F)F. The number of hydrogen-bond donors (Lipinski definition) is 1. The number of anilines is 1. The second-order valence-electron chi connectivity index (χ2n) is 5.08. The van der Waals surface area contributed by atoms with E-state index in [1.807, 2.05) is 18.7 Å². The molecular weight excluding hydrogens is 317 g/mol. The van der Waals surface area contributed by atoms with Gasteiger partial charge in [0.15, 0.2) is 0 Å². The van der Waals surface area contributed by atoms with Gasteiger partial charge in [-0.1, -0.05) is 0 Å². The van der Waals surface area contributed by atoms with Crippen LogP contribution < -0.4 is 10.2 Å². The molecule has 9 heteroatoms. The van der Waals surface area contributed by atoms with Gasteiger partial charge in [0.05, 0.1) is 18.9 Å². The summed E-state index contributed by atoms with van der Waals surface area (Å²) in [5.74, 6) is 1.03. The van der Waals surface area contributed by atoms with E-state index in [0.29, 0.717) is 26.3 Å². The van der Waals surface area contributed by atoms with E-state index in [-0.39, 0.29) is 17.5 Å². The monoisotopic (exact) mass is 338 g/mol. The van der Waals surface area contributed by atoms with Crippen molar-refractivity contribution in [2.75, 3.05) is 43.5 Å². The molecule has 0 amide bonds. The molecular formula is C13H21F3N4OS. The number of nitrogens with one attached hydrogen (secondary N) is 1. The van der Waals surface area contributed by atoms with Crippen molar-refractivity contribution in [3.05, 3.63) is 11.3 Å². The van der Waals surface area contributed by atoms with Crippen LogP contribution in [0.1, 0.15) is 11.3 Å². The number of aromatic nitrogens is 2. The summed E-state index contributed by atoms with van der Waals surface area (Å²) in [6.45, 7) is 5.71. The van der Waals surface area contributed by atoms with Crippen LogP contribution in [0.5, 0.6) is 0 Å². The van der Waals surface area contributed by atoms with Gasteiger partial charge in [-0.2, -0.15) is 18.3 Å². The Balaban J connectivity index is 1.92. The summed E-state index contributed by atoms with van der Waals surface area (Å²) >= 11 is 0.000104. The van der Waals surface area contributed by atoms with Crippen molar-refractivity contribution in [2.45, 2.75) is 19.0 Å². The Kier molecular flexibility index (Phi) is 5.99. The molecule has 2 heterocycles. The number of alkyl halides is 3. The van der Waals surface area contributed by atoms with Gasteiger partial charge in [-0.05, 0) is 18.7 Å². The molecule has 1 saturated heterocycles. The van der Waals surface area contributed by atoms with Gasteiger partial charge in [0.25, 0.3) is 0 Å². The Hall–Kier alpha value is -0.930. The minimum Gasteiger partial charge on any atom is -0.378 e. The Bertz CT molecular complexity index is 486. The maximum atomic E-state index is 12.1. The molecule has 1 fully saturated rings. The molecule has 22 heavy (non-hydrogen) atoms. The van der Waals surface area contributed by atoms with E-state index in [0.717, 1.165) is 30.2 Å². The van der Waals surface area contributed by atoms with Crippen LogP contribution in [0.15, 0.2) is 0 Å². The van der Waals surface area contributed by atoms with Gasteiger partial charge >= 0.3 is 5.51 Å². The first-order chi connectivity index (χ1) is 10.4. The smallest absolute Gasteiger partial charge is 0.378 e. The molecule has 0 bridgehead atoms. The topological polar surface area (TPSA) is 42.3 Å². The van der Waals surface area contributed by atoms with Gasteiger partial charge in [0.1, 0.15) is 5.82 Å². The molecule has 1 aromatic heterocycles. The molecule has 0 aromatic carbocycles. The van der Waals surface area contributed by atoms with Crippen LogP contribution in [0.2, 0.25) is 0 Å². The van der Waals surface area contributed by atoms with Crippen molar-refractivity contribution in [1.29, 1.82) is 0 Å². The normalized spacial score (nSPS) is 16.3. The second kappa shape index (κ2) is 7.56. The minimum atomic E-state index is -4.16. The number of halogens is 3. The van der Waals surface area contributed by atoms with E-state index in [4.69, 9.17) is 4.74 Å². The molecule has 1 aromatic rings. The molecule has 1 N–H and O–H groups in total. The molecule has 1 aliphatic heterocycles. The summed E-state index contributed by atoms with van der Waals surface area (Å²) in [7, 11) is 1.89. The number of ether oxygens (including phenoxy) is 1. The second-order valence-corrected chi connectivity index (χ2v) is 6.24. The Labute approximate surface area is 132 Å². The molecule has 5 nitrogen and oxygen atoms in total. The highest BCUT2D eigenvalue weighted by Gasteiger charge is 2.27. The lowest BCUT2D eigenvalue weighted by Crippen LogP contribution is -2.38. The largest absolute Gasteiger partial charge is 0.441 e. The molecule has 0 spiro atoms. The van der Waals surface area contributed by atoms with E-state index >= 15 is 0 Å². The predicted molar refractivity (Wildman–Crippen MR) is 81.2 cm³/mol. The van der Waals surface area contributed by atoms with Gasteiger partial charge in [-0.15, -0.1) is 0 Å². The maximum absolute atomic E-state index is 12.1. The number of aryl methyl sites for hydroxylation is 2. The Morgan fingerprint density at radius 2 is 2.00 bits per heavy atom. The van der Waals surface area contributed by atoms with Crippen LogP contribution in [-0.2, 0) is 18.3 Å². The van der Waals surface area contributed by atoms with Crippen molar-refractivity contribution in [1.82, 2.24) is 15.1 Å². The highest BCUT2D eigenvalue weighted by Crippen LogP contribution is 2.29. The molecule has 0 atom stereocenters. The van der Waals surface area contributed by atoms with Gasteiger partial charge in [0, 0.05) is 44.5 Å². The fraction of sp³-hybridized carbons (Fsp3) is 0.769. The maximum Gasteiger partial charge on any atom is 0.441 e. The summed E-state index contributed by atoms with van der Waals surface area (Å²) in [4.78, 5) is 2.21. The molecule has 1 aliphatic rings. The lowest BCUT2D eigenvalue weighted by Gasteiger charge is -2.29. The fourth-order valence-electron chi connectivity index (χ4n) is 2.52. The summed E-state index contributed by atoms with van der Waals surface area (Å²) in [6.07, 6.45) is 0. The first kappa shape index (κ1) is 17.4. The molecule has 0 aliphatic carbocycles. The zero-order valence-corrected chi connectivity index (χ0v) is 13.6. The lowest BCUT2D eigenvalue weighted by atomic mass is 10.2. The number of hydrogen-bond acceptors (Lipinski definition) is 5. The molecule has 126 valence electrons. The van der Waals surface area contributed by atoms with Crippen molar-refractivity contribution >= 4 is 17.6 Å². The zero-order chi connectivity index (χ0) is 16.2. The molecule has 0 radical (unpaired) electrons. The van der Waals surface area contributed by atoms with Crippen LogP contribution in [0, 0.1) is 6.92 Å². The summed E-state index contributed by atoms with van der Waals surface area (Å²) in [5.41, 5.74) is -2.22.